The van der Waals surface area contributed by atoms with Crippen LogP contribution in [0.5, 0.6) is 23.0 Å². The monoisotopic (exact) mass is 426 g/mol. The van der Waals surface area contributed by atoms with E-state index in [0.29, 0.717) is 28.2 Å². The van der Waals surface area contributed by atoms with Crippen molar-refractivity contribution in [1.29, 1.82) is 0 Å². The van der Waals surface area contributed by atoms with E-state index in [1.165, 1.54) is 18.4 Å². The van der Waals surface area contributed by atoms with Gasteiger partial charge in [0.05, 0.1) is 17.5 Å². The molecule has 0 saturated carbocycles. The van der Waals surface area contributed by atoms with Crippen LogP contribution in [-0.4, -0.2) is 7.11 Å². The molecule has 30 heavy (non-hydrogen) atoms. The largest absolute Gasteiger partial charge is 0.497 e. The highest BCUT2D eigenvalue weighted by atomic mass is 35.5. The fraction of sp³-hybridized carbons (Fsp3) is 0.0870. The first kappa shape index (κ1) is 19.8. The Morgan fingerprint density at radius 1 is 1.00 bits per heavy atom. The number of hydrogen-bond acceptors (Lipinski definition) is 5. The van der Waals surface area contributed by atoms with Gasteiger partial charge in [0.15, 0.2) is 0 Å². The van der Waals surface area contributed by atoms with Gasteiger partial charge >= 0.3 is 0 Å². The summed E-state index contributed by atoms with van der Waals surface area (Å²) in [5, 5.41) is 0.611. The van der Waals surface area contributed by atoms with E-state index in [4.69, 9.17) is 30.2 Å². The third-order valence-electron chi connectivity index (χ3n) is 4.45. The number of rotatable bonds is 6. The summed E-state index contributed by atoms with van der Waals surface area (Å²) in [6.45, 7) is -0.0556. The first-order valence-corrected chi connectivity index (χ1v) is 9.36. The van der Waals surface area contributed by atoms with Crippen molar-refractivity contribution in [3.63, 3.8) is 0 Å². The summed E-state index contributed by atoms with van der Waals surface area (Å²) >= 11 is 6.01. The van der Waals surface area contributed by atoms with E-state index in [0.717, 1.165) is 0 Å². The Labute approximate surface area is 176 Å². The fourth-order valence-electron chi connectivity index (χ4n) is 2.85. The second-order valence-corrected chi connectivity index (χ2v) is 6.76. The van der Waals surface area contributed by atoms with E-state index >= 15 is 0 Å². The minimum atomic E-state index is -0.449. The lowest BCUT2D eigenvalue weighted by atomic mass is 10.2. The van der Waals surface area contributed by atoms with Gasteiger partial charge in [-0.3, -0.25) is 4.79 Å². The van der Waals surface area contributed by atoms with Gasteiger partial charge in [0.2, 0.25) is 11.2 Å². The molecular weight excluding hydrogens is 411 g/mol. The van der Waals surface area contributed by atoms with Crippen LogP contribution in [0.1, 0.15) is 5.56 Å². The molecule has 5 nitrogen and oxygen atoms in total. The lowest BCUT2D eigenvalue weighted by molar-refractivity contribution is 0.300. The van der Waals surface area contributed by atoms with Crippen molar-refractivity contribution in [2.24, 2.45) is 0 Å². The van der Waals surface area contributed by atoms with Crippen molar-refractivity contribution >= 4 is 22.6 Å². The molecule has 4 aromatic rings. The zero-order chi connectivity index (χ0) is 21.1. The molecule has 0 atom stereocenters. The van der Waals surface area contributed by atoms with Crippen LogP contribution in [-0.2, 0) is 6.61 Å². The molecule has 0 N–H and O–H groups in total. The Kier molecular flexibility index (Phi) is 5.59. The minimum Gasteiger partial charge on any atom is -0.497 e. The summed E-state index contributed by atoms with van der Waals surface area (Å²) in [5.74, 6) is 1.17. The summed E-state index contributed by atoms with van der Waals surface area (Å²) in [6, 6.07) is 16.0. The lowest BCUT2D eigenvalue weighted by Gasteiger charge is -2.10. The molecule has 3 aromatic carbocycles. The van der Waals surface area contributed by atoms with Crippen LogP contribution in [0.4, 0.5) is 4.39 Å². The first-order valence-electron chi connectivity index (χ1n) is 8.98. The van der Waals surface area contributed by atoms with Crippen molar-refractivity contribution in [3.05, 3.63) is 93.6 Å². The molecular formula is C23H16ClFO5. The highest BCUT2D eigenvalue weighted by Gasteiger charge is 2.12. The van der Waals surface area contributed by atoms with Crippen LogP contribution in [0.3, 0.4) is 0 Å². The van der Waals surface area contributed by atoms with Gasteiger partial charge in [-0.1, -0.05) is 17.7 Å². The van der Waals surface area contributed by atoms with E-state index in [9.17, 15) is 9.18 Å². The van der Waals surface area contributed by atoms with Gasteiger partial charge in [-0.05, 0) is 48.5 Å². The maximum Gasteiger partial charge on any atom is 0.235 e. The average molecular weight is 427 g/mol. The van der Waals surface area contributed by atoms with Crippen molar-refractivity contribution in [3.8, 4) is 23.0 Å². The highest BCUT2D eigenvalue weighted by molar-refractivity contribution is 6.31. The predicted octanol–water partition coefficient (Wildman–Crippen LogP) is 5.97. The summed E-state index contributed by atoms with van der Waals surface area (Å²) in [6.07, 6.45) is 1.24. The van der Waals surface area contributed by atoms with Gasteiger partial charge in [0.1, 0.15) is 41.5 Å². The molecule has 0 aliphatic heterocycles. The summed E-state index contributed by atoms with van der Waals surface area (Å²) in [7, 11) is 1.57. The molecule has 7 heteroatoms. The first-order chi connectivity index (χ1) is 14.5. The number of benzene rings is 3. The molecule has 4 rings (SSSR count). The minimum absolute atomic E-state index is 0.0551. The van der Waals surface area contributed by atoms with Crippen molar-refractivity contribution in [1.82, 2.24) is 0 Å². The number of fused-ring (bicyclic) bond motifs is 1. The summed E-state index contributed by atoms with van der Waals surface area (Å²) in [4.78, 5) is 12.7. The molecule has 0 amide bonds. The standard InChI is InChI=1S/C23H16ClFO5/c1-27-14-5-7-15(8-6-14)30-22-13-29-21-11-16(9-10-17(21)23(22)26)28-12-18-19(24)3-2-4-20(18)25/h2-11,13H,12H2,1H3. The second kappa shape index (κ2) is 8.47. The number of halogens is 2. The van der Waals surface area contributed by atoms with Crippen LogP contribution in [0, 0.1) is 5.82 Å². The van der Waals surface area contributed by atoms with Crippen LogP contribution in [0.15, 0.2) is 76.1 Å². The van der Waals surface area contributed by atoms with Gasteiger partial charge in [0, 0.05) is 11.6 Å². The predicted molar refractivity (Wildman–Crippen MR) is 111 cm³/mol. The third kappa shape index (κ3) is 4.09. The Hall–Kier alpha value is -3.51. The molecule has 0 saturated heterocycles. The normalized spacial score (nSPS) is 10.8. The Morgan fingerprint density at radius 2 is 1.73 bits per heavy atom. The van der Waals surface area contributed by atoms with Gasteiger partial charge in [0.25, 0.3) is 0 Å². The van der Waals surface area contributed by atoms with E-state index in [-0.39, 0.29) is 28.4 Å². The second-order valence-electron chi connectivity index (χ2n) is 6.35. The van der Waals surface area contributed by atoms with Gasteiger partial charge < -0.3 is 18.6 Å². The molecule has 152 valence electrons. The third-order valence-corrected chi connectivity index (χ3v) is 4.80. The summed E-state index contributed by atoms with van der Waals surface area (Å²) < 4.78 is 35.8. The molecule has 0 fully saturated rings. The molecule has 1 heterocycles. The van der Waals surface area contributed by atoms with Gasteiger partial charge in [-0.25, -0.2) is 4.39 Å². The van der Waals surface area contributed by atoms with E-state index in [1.54, 1.807) is 55.6 Å². The fourth-order valence-corrected chi connectivity index (χ4v) is 3.07. The van der Waals surface area contributed by atoms with E-state index in [2.05, 4.69) is 0 Å². The van der Waals surface area contributed by atoms with Gasteiger partial charge in [-0.2, -0.15) is 0 Å². The zero-order valence-corrected chi connectivity index (χ0v) is 16.6. The smallest absolute Gasteiger partial charge is 0.235 e. The number of ether oxygens (including phenoxy) is 3. The van der Waals surface area contributed by atoms with Crippen LogP contribution >= 0.6 is 11.6 Å². The van der Waals surface area contributed by atoms with Crippen molar-refractivity contribution in [2.45, 2.75) is 6.61 Å². The maximum absolute atomic E-state index is 13.9. The van der Waals surface area contributed by atoms with Crippen molar-refractivity contribution in [2.75, 3.05) is 7.11 Å². The van der Waals surface area contributed by atoms with E-state index < -0.39 is 5.82 Å². The zero-order valence-electron chi connectivity index (χ0n) is 15.9. The molecule has 0 aliphatic carbocycles. The highest BCUT2D eigenvalue weighted by Crippen LogP contribution is 2.26. The molecule has 0 bridgehead atoms. The Morgan fingerprint density at radius 3 is 2.47 bits per heavy atom. The molecule has 0 radical (unpaired) electrons. The molecule has 0 unspecified atom stereocenters. The molecule has 1 aromatic heterocycles. The van der Waals surface area contributed by atoms with E-state index in [1.807, 2.05) is 0 Å². The SMILES string of the molecule is COc1ccc(Oc2coc3cc(OCc4c(F)cccc4Cl)ccc3c2=O)cc1. The molecule has 0 aliphatic rings. The van der Waals surface area contributed by atoms with Crippen LogP contribution in [0.25, 0.3) is 11.0 Å². The molecule has 0 spiro atoms. The number of hydrogen-bond donors (Lipinski definition) is 0. The summed E-state index contributed by atoms with van der Waals surface area (Å²) in [5.41, 5.74) is 0.249. The quantitative estimate of drug-likeness (QED) is 0.380. The van der Waals surface area contributed by atoms with Crippen LogP contribution < -0.4 is 19.6 Å². The Balaban J connectivity index is 1.55. The van der Waals surface area contributed by atoms with Crippen molar-refractivity contribution < 1.29 is 23.0 Å². The average Bonchev–Trinajstić information content (AvgIpc) is 2.76. The van der Waals surface area contributed by atoms with Gasteiger partial charge in [-0.15, -0.1) is 0 Å². The number of methoxy groups -OCH3 is 1. The Bertz CT molecular complexity index is 1230. The maximum atomic E-state index is 13.9. The lowest BCUT2D eigenvalue weighted by Crippen LogP contribution is -2.05. The van der Waals surface area contributed by atoms with Crippen LogP contribution in [0.2, 0.25) is 5.02 Å². The topological polar surface area (TPSA) is 57.9 Å².